The van der Waals surface area contributed by atoms with Crippen LogP contribution in [0.2, 0.25) is 0 Å². The monoisotopic (exact) mass is 376 g/mol. The Morgan fingerprint density at radius 2 is 1.73 bits per heavy atom. The van der Waals surface area contributed by atoms with E-state index in [9.17, 15) is 27.6 Å². The summed E-state index contributed by atoms with van der Waals surface area (Å²) in [6, 6.07) is 3.85. The third kappa shape index (κ3) is 4.87. The second kappa shape index (κ2) is 8.54. The number of ether oxygens (including phenoxy) is 2. The lowest BCUT2D eigenvalue weighted by Gasteiger charge is -2.36. The third-order valence-corrected chi connectivity index (χ3v) is 3.40. The zero-order valence-electron chi connectivity index (χ0n) is 14.4. The molecule has 26 heavy (non-hydrogen) atoms. The number of hydrogen-bond donors (Lipinski definition) is 1. The number of nitrogens with one attached hydrogen (secondary N) is 1. The Morgan fingerprint density at radius 3 is 2.23 bits per heavy atom. The highest BCUT2D eigenvalue weighted by atomic mass is 19.4. The number of nitrogens with zero attached hydrogens (tertiary/aromatic N) is 1. The van der Waals surface area contributed by atoms with Crippen molar-refractivity contribution in [1.29, 1.82) is 0 Å². The summed E-state index contributed by atoms with van der Waals surface area (Å²) in [6.45, 7) is 4.06. The van der Waals surface area contributed by atoms with Gasteiger partial charge >= 0.3 is 18.4 Å². The predicted octanol–water partition coefficient (Wildman–Crippen LogP) is 3.24. The van der Waals surface area contributed by atoms with Crippen LogP contribution in [0.15, 0.2) is 24.3 Å². The smallest absolute Gasteiger partial charge is 0.430 e. The van der Waals surface area contributed by atoms with Crippen molar-refractivity contribution >= 4 is 18.5 Å². The molecule has 0 aliphatic heterocycles. The number of carbonyl (C=O) groups is 3. The molecular formula is C16H19F3N2O5. The molecule has 0 saturated heterocycles. The Hall–Kier alpha value is -2.78. The summed E-state index contributed by atoms with van der Waals surface area (Å²) in [5.41, 5.74) is -1.12. The van der Waals surface area contributed by atoms with Gasteiger partial charge in [-0.25, -0.2) is 15.0 Å². The van der Waals surface area contributed by atoms with E-state index >= 15 is 0 Å². The minimum absolute atomic E-state index is 0.0239. The largest absolute Gasteiger partial charge is 0.449 e. The van der Waals surface area contributed by atoms with Gasteiger partial charge in [0.05, 0.1) is 18.8 Å². The van der Waals surface area contributed by atoms with Gasteiger partial charge in [0.15, 0.2) is 6.29 Å². The number of rotatable bonds is 5. The summed E-state index contributed by atoms with van der Waals surface area (Å²) in [5, 5.41) is 0.497. The molecule has 7 nitrogen and oxygen atoms in total. The quantitative estimate of drug-likeness (QED) is 0.630. The van der Waals surface area contributed by atoms with Crippen LogP contribution < -0.4 is 5.43 Å². The predicted molar refractivity (Wildman–Crippen MR) is 83.9 cm³/mol. The van der Waals surface area contributed by atoms with E-state index in [2.05, 4.69) is 4.74 Å². The topological polar surface area (TPSA) is 84.9 Å². The fourth-order valence-corrected chi connectivity index (χ4v) is 2.05. The average Bonchev–Trinajstić information content (AvgIpc) is 2.59. The lowest BCUT2D eigenvalue weighted by molar-refractivity contribution is -0.137. The molecule has 1 aromatic carbocycles. The van der Waals surface area contributed by atoms with Crippen molar-refractivity contribution in [1.82, 2.24) is 10.4 Å². The fourth-order valence-electron chi connectivity index (χ4n) is 2.05. The Morgan fingerprint density at radius 1 is 1.15 bits per heavy atom. The highest BCUT2D eigenvalue weighted by molar-refractivity contribution is 5.80. The van der Waals surface area contributed by atoms with Gasteiger partial charge in [-0.15, -0.1) is 0 Å². The molecule has 0 radical (unpaired) electrons. The van der Waals surface area contributed by atoms with Crippen molar-refractivity contribution in [3.05, 3.63) is 35.4 Å². The van der Waals surface area contributed by atoms with E-state index < -0.39 is 29.5 Å². The zero-order valence-corrected chi connectivity index (χ0v) is 14.4. The van der Waals surface area contributed by atoms with Gasteiger partial charge in [-0.2, -0.15) is 18.2 Å². The summed E-state index contributed by atoms with van der Waals surface area (Å²) in [6.07, 6.45) is -6.62. The summed E-state index contributed by atoms with van der Waals surface area (Å²) in [7, 11) is 0. The maximum absolute atomic E-state index is 13.0. The van der Waals surface area contributed by atoms with E-state index in [1.165, 1.54) is 26.8 Å². The van der Waals surface area contributed by atoms with Gasteiger partial charge in [0.2, 0.25) is 0 Å². The first-order valence-electron chi connectivity index (χ1n) is 7.64. The van der Waals surface area contributed by atoms with Crippen LogP contribution in [0.25, 0.3) is 0 Å². The van der Waals surface area contributed by atoms with Gasteiger partial charge in [-0.05, 0) is 38.5 Å². The van der Waals surface area contributed by atoms with Crippen LogP contribution in [-0.4, -0.2) is 36.7 Å². The molecule has 1 atom stereocenters. The van der Waals surface area contributed by atoms with Gasteiger partial charge in [0.1, 0.15) is 5.54 Å². The number of alkyl halides is 3. The highest BCUT2D eigenvalue weighted by Crippen LogP contribution is 2.33. The SMILES string of the molecule is CCOC(=O)NN(C(=O)OCC)C(C)(C=O)c1cccc(C(F)(F)F)c1. The molecule has 144 valence electrons. The molecule has 1 rings (SSSR count). The van der Waals surface area contributed by atoms with Crippen LogP contribution in [0, 0.1) is 0 Å². The molecule has 0 spiro atoms. The molecule has 1 unspecified atom stereocenters. The maximum Gasteiger partial charge on any atom is 0.430 e. The van der Waals surface area contributed by atoms with E-state index in [1.54, 1.807) is 0 Å². The first-order valence-corrected chi connectivity index (χ1v) is 7.64. The number of halogens is 3. The second-order valence-electron chi connectivity index (χ2n) is 5.21. The molecule has 0 heterocycles. The molecule has 0 aliphatic carbocycles. The molecule has 0 fully saturated rings. The van der Waals surface area contributed by atoms with Gasteiger partial charge < -0.3 is 14.3 Å². The van der Waals surface area contributed by atoms with E-state index in [4.69, 9.17) is 4.74 Å². The second-order valence-corrected chi connectivity index (χ2v) is 5.21. The minimum atomic E-state index is -4.65. The van der Waals surface area contributed by atoms with Crippen LogP contribution in [0.1, 0.15) is 31.9 Å². The summed E-state index contributed by atoms with van der Waals surface area (Å²) < 4.78 is 48.3. The molecule has 0 bridgehead atoms. The number of benzene rings is 1. The van der Waals surface area contributed by atoms with E-state index in [1.807, 2.05) is 5.43 Å². The Labute approximate surface area is 148 Å². The standard InChI is InChI=1S/C16H19F3N2O5/c1-4-25-13(23)20-21(14(24)26-5-2)15(3,10-22)11-7-6-8-12(9-11)16(17,18)19/h6-10H,4-5H2,1-3H3,(H,20,23). The lowest BCUT2D eigenvalue weighted by atomic mass is 9.91. The Kier molecular flexibility index (Phi) is 6.99. The molecule has 0 aromatic heterocycles. The van der Waals surface area contributed by atoms with Crippen LogP contribution in [-0.2, 0) is 26.0 Å². The van der Waals surface area contributed by atoms with Crippen molar-refractivity contribution in [2.45, 2.75) is 32.5 Å². The first kappa shape index (κ1) is 21.3. The summed E-state index contributed by atoms with van der Waals surface area (Å²) in [5.74, 6) is 0. The van der Waals surface area contributed by atoms with Crippen LogP contribution in [0.3, 0.4) is 0 Å². The maximum atomic E-state index is 13.0. The Balaban J connectivity index is 3.39. The van der Waals surface area contributed by atoms with Crippen molar-refractivity contribution in [3.8, 4) is 0 Å². The lowest BCUT2D eigenvalue weighted by Crippen LogP contribution is -2.58. The third-order valence-electron chi connectivity index (χ3n) is 3.40. The average molecular weight is 376 g/mol. The molecular weight excluding hydrogens is 357 g/mol. The number of hydrazine groups is 1. The van der Waals surface area contributed by atoms with Gasteiger partial charge in [-0.3, -0.25) is 0 Å². The molecule has 1 N–H and O–H groups in total. The van der Waals surface area contributed by atoms with E-state index in [0.717, 1.165) is 12.1 Å². The van der Waals surface area contributed by atoms with Gasteiger partial charge in [0.25, 0.3) is 0 Å². The van der Waals surface area contributed by atoms with Crippen molar-refractivity contribution in [2.24, 2.45) is 0 Å². The Bertz CT molecular complexity index is 666. The normalized spacial score (nSPS) is 13.3. The molecule has 0 aliphatic rings. The van der Waals surface area contributed by atoms with E-state index in [-0.39, 0.29) is 25.1 Å². The van der Waals surface area contributed by atoms with E-state index in [0.29, 0.717) is 11.1 Å². The number of amides is 2. The first-order chi connectivity index (χ1) is 12.1. The van der Waals surface area contributed by atoms with Crippen LogP contribution >= 0.6 is 0 Å². The molecule has 2 amide bonds. The highest BCUT2D eigenvalue weighted by Gasteiger charge is 2.41. The number of carbonyl (C=O) groups excluding carboxylic acids is 3. The van der Waals surface area contributed by atoms with Crippen LogP contribution in [0.5, 0.6) is 0 Å². The molecule has 1 aromatic rings. The number of hydrogen-bond acceptors (Lipinski definition) is 5. The van der Waals surface area contributed by atoms with Crippen molar-refractivity contribution in [3.63, 3.8) is 0 Å². The summed E-state index contributed by atoms with van der Waals surface area (Å²) in [4.78, 5) is 35.7. The summed E-state index contributed by atoms with van der Waals surface area (Å²) >= 11 is 0. The molecule has 10 heteroatoms. The van der Waals surface area contributed by atoms with Gasteiger partial charge in [-0.1, -0.05) is 12.1 Å². The fraction of sp³-hybridized carbons (Fsp3) is 0.438. The minimum Gasteiger partial charge on any atom is -0.449 e. The van der Waals surface area contributed by atoms with Gasteiger partial charge in [0, 0.05) is 0 Å². The molecule has 0 saturated carbocycles. The van der Waals surface area contributed by atoms with Crippen molar-refractivity contribution in [2.75, 3.05) is 13.2 Å². The van der Waals surface area contributed by atoms with Crippen LogP contribution in [0.4, 0.5) is 22.8 Å². The van der Waals surface area contributed by atoms with Crippen molar-refractivity contribution < 1.29 is 37.0 Å². The zero-order chi connectivity index (χ0) is 20.0. The number of aldehydes is 1.